The van der Waals surface area contributed by atoms with Crippen LogP contribution in [0.5, 0.6) is 5.75 Å². The lowest BCUT2D eigenvalue weighted by Crippen LogP contribution is -2.15. The quantitative estimate of drug-likeness (QED) is 0.504. The maximum atomic E-state index is 11.0. The van der Waals surface area contributed by atoms with Crippen molar-refractivity contribution in [1.29, 1.82) is 0 Å². The zero-order valence-corrected chi connectivity index (χ0v) is 16.0. The van der Waals surface area contributed by atoms with E-state index in [1.165, 1.54) is 0 Å². The first-order chi connectivity index (χ1) is 12.0. The zero-order chi connectivity index (χ0) is 18.2. The summed E-state index contributed by atoms with van der Waals surface area (Å²) in [7, 11) is 0. The molecule has 2 N–H and O–H groups in total. The van der Waals surface area contributed by atoms with Gasteiger partial charge in [0.15, 0.2) is 5.16 Å². The molecule has 0 aliphatic rings. The number of rotatable bonds is 10. The van der Waals surface area contributed by atoms with E-state index in [4.69, 9.17) is 22.1 Å². The van der Waals surface area contributed by atoms with Crippen LogP contribution in [0, 0.1) is 5.92 Å². The van der Waals surface area contributed by atoms with E-state index >= 15 is 0 Å². The predicted molar refractivity (Wildman–Crippen MR) is 100 cm³/mol. The number of nitrogens with zero attached hydrogens (tertiary/aromatic N) is 3. The summed E-state index contributed by atoms with van der Waals surface area (Å²) < 4.78 is 7.76. The largest absolute Gasteiger partial charge is 0.493 e. The van der Waals surface area contributed by atoms with Crippen LogP contribution in [0.3, 0.4) is 0 Å². The molecule has 0 spiro atoms. The Kier molecular flexibility index (Phi) is 7.58. The summed E-state index contributed by atoms with van der Waals surface area (Å²) in [4.78, 5) is 11.0. The lowest BCUT2D eigenvalue weighted by molar-refractivity contribution is -0.118. The van der Waals surface area contributed by atoms with E-state index in [-0.39, 0.29) is 12.3 Å². The molecule has 0 unspecified atom stereocenters. The zero-order valence-electron chi connectivity index (χ0n) is 14.4. The van der Waals surface area contributed by atoms with Gasteiger partial charge in [0.05, 0.1) is 6.61 Å². The lowest BCUT2D eigenvalue weighted by atomic mass is 10.2. The van der Waals surface area contributed by atoms with Gasteiger partial charge in [-0.1, -0.05) is 43.3 Å². The molecule has 1 amide bonds. The minimum absolute atomic E-state index is 0.277. The Morgan fingerprint density at radius 3 is 2.88 bits per heavy atom. The van der Waals surface area contributed by atoms with E-state index in [2.05, 4.69) is 28.6 Å². The summed E-state index contributed by atoms with van der Waals surface area (Å²) >= 11 is 7.52. The third-order valence-corrected chi connectivity index (χ3v) is 4.48. The molecule has 1 heterocycles. The Hall–Kier alpha value is -1.73. The number of benzene rings is 1. The van der Waals surface area contributed by atoms with Crippen LogP contribution in [0.4, 0.5) is 0 Å². The van der Waals surface area contributed by atoms with E-state index in [0.717, 1.165) is 29.0 Å². The van der Waals surface area contributed by atoms with Crippen molar-refractivity contribution in [1.82, 2.24) is 14.8 Å². The van der Waals surface area contributed by atoms with Gasteiger partial charge in [-0.05, 0) is 24.1 Å². The highest BCUT2D eigenvalue weighted by Gasteiger charge is 2.14. The molecule has 0 atom stereocenters. The first-order valence-corrected chi connectivity index (χ1v) is 9.53. The Balaban J connectivity index is 1.92. The number of ether oxygens (including phenoxy) is 1. The van der Waals surface area contributed by atoms with Crippen molar-refractivity contribution < 1.29 is 9.53 Å². The topological polar surface area (TPSA) is 83.0 Å². The summed E-state index contributed by atoms with van der Waals surface area (Å²) in [5.74, 6) is 2.40. The number of hydrogen-bond acceptors (Lipinski definition) is 5. The van der Waals surface area contributed by atoms with Crippen LogP contribution in [0.1, 0.15) is 26.1 Å². The molecule has 8 heteroatoms. The second-order valence-corrected chi connectivity index (χ2v) is 7.52. The highest BCUT2D eigenvalue weighted by Crippen LogP contribution is 2.21. The fourth-order valence-electron chi connectivity index (χ4n) is 2.24. The first-order valence-electron chi connectivity index (χ1n) is 8.17. The molecule has 2 aromatic rings. The molecule has 0 saturated heterocycles. The van der Waals surface area contributed by atoms with Gasteiger partial charge in [0.2, 0.25) is 5.91 Å². The number of halogens is 1. The molecule has 0 fully saturated rings. The number of aromatic nitrogens is 3. The van der Waals surface area contributed by atoms with Gasteiger partial charge in [-0.2, -0.15) is 0 Å². The average Bonchev–Trinajstić information content (AvgIpc) is 2.91. The Labute approximate surface area is 157 Å². The van der Waals surface area contributed by atoms with Gasteiger partial charge in [-0.25, -0.2) is 0 Å². The third-order valence-electron chi connectivity index (χ3n) is 3.32. The number of aryl methyl sites for hydroxylation is 1. The van der Waals surface area contributed by atoms with E-state index in [9.17, 15) is 4.79 Å². The van der Waals surface area contributed by atoms with Crippen molar-refractivity contribution in [2.45, 2.75) is 38.4 Å². The van der Waals surface area contributed by atoms with Crippen molar-refractivity contribution in [3.8, 4) is 5.75 Å². The monoisotopic (exact) mass is 382 g/mol. The van der Waals surface area contributed by atoms with Crippen molar-refractivity contribution in [3.63, 3.8) is 0 Å². The van der Waals surface area contributed by atoms with Crippen LogP contribution in [0.25, 0.3) is 0 Å². The van der Waals surface area contributed by atoms with Crippen LogP contribution < -0.4 is 10.5 Å². The molecule has 0 aliphatic heterocycles. The molecule has 0 radical (unpaired) electrons. The van der Waals surface area contributed by atoms with Gasteiger partial charge in [0.25, 0.3) is 0 Å². The Bertz CT molecular complexity index is 706. The van der Waals surface area contributed by atoms with Gasteiger partial charge < -0.3 is 15.0 Å². The molecule has 136 valence electrons. The number of amides is 1. The number of carbonyl (C=O) groups is 1. The van der Waals surface area contributed by atoms with E-state index in [1.807, 2.05) is 18.2 Å². The Morgan fingerprint density at radius 2 is 2.20 bits per heavy atom. The van der Waals surface area contributed by atoms with Crippen molar-refractivity contribution in [3.05, 3.63) is 35.1 Å². The van der Waals surface area contributed by atoms with E-state index in [0.29, 0.717) is 24.0 Å². The van der Waals surface area contributed by atoms with Crippen LogP contribution in [-0.2, 0) is 17.8 Å². The highest BCUT2D eigenvalue weighted by molar-refractivity contribution is 7.99. The number of thioether (sulfide) groups is 1. The second-order valence-electron chi connectivity index (χ2n) is 6.02. The molecule has 0 bridgehead atoms. The maximum absolute atomic E-state index is 11.0. The fraction of sp³-hybridized carbons (Fsp3) is 0.471. The van der Waals surface area contributed by atoms with Crippen LogP contribution >= 0.6 is 23.4 Å². The summed E-state index contributed by atoms with van der Waals surface area (Å²) in [5.41, 5.74) is 5.24. The molecule has 6 nitrogen and oxygen atoms in total. The molecule has 25 heavy (non-hydrogen) atoms. The van der Waals surface area contributed by atoms with Crippen LogP contribution in [0.2, 0.25) is 5.02 Å². The lowest BCUT2D eigenvalue weighted by Gasteiger charge is -2.12. The molecular formula is C17H23ClN4O2S. The van der Waals surface area contributed by atoms with Gasteiger partial charge in [0, 0.05) is 30.2 Å². The smallest absolute Gasteiger partial charge is 0.217 e. The molecule has 0 aliphatic carbocycles. The number of hydrogen-bond donors (Lipinski definition) is 1. The molecule has 1 aromatic carbocycles. The minimum Gasteiger partial charge on any atom is -0.493 e. The fourth-order valence-corrected chi connectivity index (χ4v) is 3.21. The van der Waals surface area contributed by atoms with Crippen LogP contribution in [-0.4, -0.2) is 33.0 Å². The first kappa shape index (κ1) is 19.6. The molecule has 2 rings (SSSR count). The minimum atomic E-state index is -0.330. The van der Waals surface area contributed by atoms with Gasteiger partial charge in [0.1, 0.15) is 11.6 Å². The van der Waals surface area contributed by atoms with Gasteiger partial charge in [-0.3, -0.25) is 4.79 Å². The summed E-state index contributed by atoms with van der Waals surface area (Å²) in [5, 5.41) is 9.96. The third kappa shape index (κ3) is 6.59. The van der Waals surface area contributed by atoms with Crippen molar-refractivity contribution >= 4 is 29.3 Å². The number of primary amides is 1. The van der Waals surface area contributed by atoms with Crippen LogP contribution in [0.15, 0.2) is 29.4 Å². The number of nitrogens with two attached hydrogens (primary N) is 1. The van der Waals surface area contributed by atoms with Crippen molar-refractivity contribution in [2.24, 2.45) is 11.7 Å². The highest BCUT2D eigenvalue weighted by atomic mass is 35.5. The molecule has 0 saturated carbocycles. The summed E-state index contributed by atoms with van der Waals surface area (Å²) in [6, 6.07) is 7.33. The normalized spacial score (nSPS) is 11.0. The predicted octanol–water partition coefficient (Wildman–Crippen LogP) is 3.18. The maximum Gasteiger partial charge on any atom is 0.217 e. The molecular weight excluding hydrogens is 360 g/mol. The molecule has 1 aromatic heterocycles. The number of carbonyl (C=O) groups excluding carboxylic acids is 1. The van der Waals surface area contributed by atoms with E-state index in [1.54, 1.807) is 17.8 Å². The van der Waals surface area contributed by atoms with Gasteiger partial charge >= 0.3 is 0 Å². The summed E-state index contributed by atoms with van der Waals surface area (Å²) in [6.07, 6.45) is 0.785. The SMILES string of the molecule is CC(C)Cn1c(CCC(N)=O)nnc1SCCOc1cccc(Cl)c1. The van der Waals surface area contributed by atoms with E-state index < -0.39 is 0 Å². The Morgan fingerprint density at radius 1 is 1.40 bits per heavy atom. The second kappa shape index (κ2) is 9.68. The summed E-state index contributed by atoms with van der Waals surface area (Å²) in [6.45, 7) is 5.61. The average molecular weight is 383 g/mol. The van der Waals surface area contributed by atoms with Gasteiger partial charge in [-0.15, -0.1) is 10.2 Å². The standard InChI is InChI=1S/C17H23ClN4O2S/c1-12(2)11-22-16(7-6-15(19)23)20-21-17(22)25-9-8-24-14-5-3-4-13(18)10-14/h3-5,10,12H,6-9,11H2,1-2H3,(H2,19,23). The van der Waals surface area contributed by atoms with Crippen molar-refractivity contribution in [2.75, 3.05) is 12.4 Å².